The van der Waals surface area contributed by atoms with Gasteiger partial charge in [-0.1, -0.05) is 57.0 Å². The van der Waals surface area contributed by atoms with Crippen LogP contribution >= 0.6 is 0 Å². The van der Waals surface area contributed by atoms with Crippen molar-refractivity contribution < 1.29 is 27.5 Å². The van der Waals surface area contributed by atoms with Crippen LogP contribution in [0.25, 0.3) is 0 Å². The molecule has 7 rings (SSSR count). The van der Waals surface area contributed by atoms with Crippen molar-refractivity contribution in [1.82, 2.24) is 4.98 Å². The molecule has 0 amide bonds. The van der Waals surface area contributed by atoms with Crippen molar-refractivity contribution in [3.63, 3.8) is 0 Å². The molecular weight excluding hydrogens is 658 g/mol. The van der Waals surface area contributed by atoms with Gasteiger partial charge in [0.1, 0.15) is 29.0 Å². The maximum atomic E-state index is 14.1. The second-order valence-electron chi connectivity index (χ2n) is 12.1. The van der Waals surface area contributed by atoms with Gasteiger partial charge in [-0.15, -0.1) is 0 Å². The molecular formula is C40H41F4N5O2. The molecule has 1 aromatic heterocycles. The minimum atomic E-state index is -0.990. The Bertz CT molecular complexity index is 1800. The van der Waals surface area contributed by atoms with Crippen LogP contribution in [0.15, 0.2) is 109 Å². The summed E-state index contributed by atoms with van der Waals surface area (Å²) in [5.41, 5.74) is 5.07. The number of carbonyl (C=O) groups is 1. The Hall–Kier alpha value is -5.58. The minimum Gasteiger partial charge on any atom is -0.477 e. The van der Waals surface area contributed by atoms with E-state index in [1.807, 2.05) is 58.3 Å². The smallest absolute Gasteiger partial charge is 0.354 e. The van der Waals surface area contributed by atoms with Crippen molar-refractivity contribution in [2.75, 3.05) is 46.0 Å². The highest BCUT2D eigenvalue weighted by Crippen LogP contribution is 2.42. The standard InChI is InChI=1S/2C17H18F2N2.C6H5NO2/c2*1-2-3-10-20-12-21(17-7-5-4-6-16(17)20)15-9-8-13(18)11-14(15)19;8-6(9)5-3-1-2-4-7-5/h2*4-9,11H,2-3,10,12H2,1H3;1-4H,(H,8,9). The molecule has 0 atom stereocenters. The van der Waals surface area contributed by atoms with Crippen LogP contribution in [0.1, 0.15) is 50.0 Å². The van der Waals surface area contributed by atoms with Crippen LogP contribution in [-0.4, -0.2) is 42.5 Å². The van der Waals surface area contributed by atoms with E-state index >= 15 is 0 Å². The zero-order valence-electron chi connectivity index (χ0n) is 28.7. The van der Waals surface area contributed by atoms with Gasteiger partial charge < -0.3 is 24.7 Å². The lowest BCUT2D eigenvalue weighted by Gasteiger charge is -2.22. The molecule has 0 bridgehead atoms. The molecule has 0 saturated carbocycles. The number of pyridine rings is 1. The quantitative estimate of drug-likeness (QED) is 0.154. The van der Waals surface area contributed by atoms with Gasteiger partial charge in [0.15, 0.2) is 0 Å². The molecule has 5 aromatic rings. The van der Waals surface area contributed by atoms with E-state index in [0.717, 1.165) is 73.7 Å². The summed E-state index contributed by atoms with van der Waals surface area (Å²) in [4.78, 5) is 22.0. The first-order valence-electron chi connectivity index (χ1n) is 17.0. The largest absolute Gasteiger partial charge is 0.477 e. The van der Waals surface area contributed by atoms with Crippen LogP contribution in [0.2, 0.25) is 0 Å². The number of halogens is 4. The molecule has 4 aromatic carbocycles. The number of anilines is 6. The van der Waals surface area contributed by atoms with Gasteiger partial charge >= 0.3 is 5.97 Å². The Balaban J connectivity index is 0.000000160. The molecule has 0 unspecified atom stereocenters. The van der Waals surface area contributed by atoms with E-state index in [1.165, 1.54) is 36.5 Å². The zero-order chi connectivity index (χ0) is 36.3. The Morgan fingerprint density at radius 3 is 1.39 bits per heavy atom. The molecule has 0 spiro atoms. The average Bonchev–Trinajstić information content (AvgIpc) is 3.69. The number of hydrogen-bond donors (Lipinski definition) is 1. The van der Waals surface area contributed by atoms with Gasteiger partial charge in [-0.05, 0) is 73.5 Å². The summed E-state index contributed by atoms with van der Waals surface area (Å²) in [5.74, 6) is -3.14. The Labute approximate surface area is 296 Å². The first-order chi connectivity index (χ1) is 24.7. The minimum absolute atomic E-state index is 0.0810. The number of carboxylic acids is 1. The molecule has 0 saturated heterocycles. The summed E-state index contributed by atoms with van der Waals surface area (Å²) in [6, 6.07) is 28.1. The maximum absolute atomic E-state index is 14.1. The molecule has 266 valence electrons. The van der Waals surface area contributed by atoms with Crippen LogP contribution in [0, 0.1) is 23.3 Å². The third-order valence-corrected chi connectivity index (χ3v) is 8.50. The number of hydrogen-bond acceptors (Lipinski definition) is 6. The number of unbranched alkanes of at least 4 members (excludes halogenated alkanes) is 2. The lowest BCUT2D eigenvalue weighted by molar-refractivity contribution is 0.0690. The van der Waals surface area contributed by atoms with Crippen molar-refractivity contribution in [2.24, 2.45) is 0 Å². The highest BCUT2D eigenvalue weighted by Gasteiger charge is 2.29. The monoisotopic (exact) mass is 699 g/mol. The van der Waals surface area contributed by atoms with Crippen LogP contribution in [-0.2, 0) is 0 Å². The van der Waals surface area contributed by atoms with E-state index in [0.29, 0.717) is 24.7 Å². The molecule has 2 aliphatic heterocycles. The fourth-order valence-corrected chi connectivity index (χ4v) is 5.95. The second kappa shape index (κ2) is 17.4. The van der Waals surface area contributed by atoms with Crippen LogP contribution in [0.3, 0.4) is 0 Å². The topological polar surface area (TPSA) is 63.2 Å². The molecule has 0 fully saturated rings. The average molecular weight is 700 g/mol. The number of rotatable bonds is 9. The Morgan fingerprint density at radius 2 is 1.04 bits per heavy atom. The highest BCUT2D eigenvalue weighted by atomic mass is 19.1. The third kappa shape index (κ3) is 8.97. The molecule has 3 heterocycles. The number of carboxylic acid groups (broad SMARTS) is 1. The summed E-state index contributed by atoms with van der Waals surface area (Å²) < 4.78 is 54.4. The number of aromatic nitrogens is 1. The van der Waals surface area contributed by atoms with Crippen LogP contribution < -0.4 is 19.6 Å². The summed E-state index contributed by atoms with van der Waals surface area (Å²) in [6.07, 6.45) is 5.86. The number of aromatic carboxylic acids is 1. The van der Waals surface area contributed by atoms with E-state index in [-0.39, 0.29) is 5.69 Å². The summed E-state index contributed by atoms with van der Waals surface area (Å²) in [5, 5.41) is 8.32. The predicted molar refractivity (Wildman–Crippen MR) is 195 cm³/mol. The van der Waals surface area contributed by atoms with Crippen LogP contribution in [0.5, 0.6) is 0 Å². The fourth-order valence-electron chi connectivity index (χ4n) is 5.95. The molecule has 0 radical (unpaired) electrons. The predicted octanol–water partition coefficient (Wildman–Crippen LogP) is 10.1. The highest BCUT2D eigenvalue weighted by molar-refractivity contribution is 5.85. The van der Waals surface area contributed by atoms with E-state index in [1.54, 1.807) is 12.1 Å². The molecule has 1 N–H and O–H groups in total. The van der Waals surface area contributed by atoms with E-state index in [4.69, 9.17) is 5.11 Å². The van der Waals surface area contributed by atoms with Gasteiger partial charge in [0.25, 0.3) is 0 Å². The van der Waals surface area contributed by atoms with Gasteiger partial charge in [0.05, 0.1) is 47.5 Å². The van der Waals surface area contributed by atoms with E-state index in [2.05, 4.69) is 28.6 Å². The molecule has 7 nitrogen and oxygen atoms in total. The van der Waals surface area contributed by atoms with Gasteiger partial charge in [-0.2, -0.15) is 0 Å². The number of benzene rings is 4. The SMILES string of the molecule is CCCCN1CN(c2ccc(F)cc2F)c2ccccc21.CCCCN1CN(c2ccc(F)cc2F)c2ccccc21.O=C(O)c1ccccn1. The lowest BCUT2D eigenvalue weighted by Crippen LogP contribution is -2.29. The van der Waals surface area contributed by atoms with Gasteiger partial charge in [-0.3, -0.25) is 0 Å². The zero-order valence-corrected chi connectivity index (χ0v) is 28.7. The van der Waals surface area contributed by atoms with E-state index < -0.39 is 29.2 Å². The molecule has 51 heavy (non-hydrogen) atoms. The van der Waals surface area contributed by atoms with Gasteiger partial charge in [0.2, 0.25) is 0 Å². The van der Waals surface area contributed by atoms with E-state index in [9.17, 15) is 22.4 Å². The Kier molecular flexibility index (Phi) is 12.5. The normalized spacial score (nSPS) is 12.8. The molecule has 0 aliphatic carbocycles. The van der Waals surface area contributed by atoms with Gasteiger partial charge in [-0.25, -0.2) is 27.3 Å². The fraction of sp³-hybridized carbons (Fsp3) is 0.250. The van der Waals surface area contributed by atoms with Gasteiger partial charge in [0, 0.05) is 31.4 Å². The summed E-state index contributed by atoms with van der Waals surface area (Å²) in [7, 11) is 0. The summed E-state index contributed by atoms with van der Waals surface area (Å²) in [6.45, 7) is 7.38. The third-order valence-electron chi connectivity index (χ3n) is 8.50. The Morgan fingerprint density at radius 1 is 0.608 bits per heavy atom. The van der Waals surface area contributed by atoms with Crippen molar-refractivity contribution in [3.8, 4) is 0 Å². The first kappa shape index (κ1) is 36.7. The van der Waals surface area contributed by atoms with Crippen molar-refractivity contribution in [2.45, 2.75) is 39.5 Å². The first-order valence-corrected chi connectivity index (χ1v) is 17.0. The number of fused-ring (bicyclic) bond motifs is 2. The lowest BCUT2D eigenvalue weighted by atomic mass is 10.2. The van der Waals surface area contributed by atoms with Crippen LogP contribution in [0.4, 0.5) is 51.7 Å². The second-order valence-corrected chi connectivity index (χ2v) is 12.1. The van der Waals surface area contributed by atoms with Crippen molar-refractivity contribution in [1.29, 1.82) is 0 Å². The number of nitrogens with zero attached hydrogens (tertiary/aromatic N) is 5. The maximum Gasteiger partial charge on any atom is 0.354 e. The summed E-state index contributed by atoms with van der Waals surface area (Å²) >= 11 is 0. The molecule has 2 aliphatic rings. The van der Waals surface area contributed by atoms with Crippen molar-refractivity contribution >= 4 is 40.1 Å². The molecule has 11 heteroatoms. The number of para-hydroxylation sites is 4. The van der Waals surface area contributed by atoms with Crippen molar-refractivity contribution in [3.05, 3.63) is 138 Å².